The smallest absolute Gasteiger partial charge is 0.255 e. The lowest BCUT2D eigenvalue weighted by molar-refractivity contribution is -0.147. The molecule has 3 aliphatic carbocycles. The zero-order valence-electron chi connectivity index (χ0n) is 18.7. The molecule has 0 saturated heterocycles. The third-order valence-electron chi connectivity index (χ3n) is 7.18. The topological polar surface area (TPSA) is 184 Å². The first-order chi connectivity index (χ1) is 15.2. The summed E-state index contributed by atoms with van der Waals surface area (Å²) in [4.78, 5) is 37.6. The number of aliphatic hydroxyl groups is 3. The number of benzene rings is 1. The molecule has 1 fully saturated rings. The molecule has 8 N–H and O–H groups in total. The number of aromatic hydroxyl groups is 1. The number of hydrogen-bond donors (Lipinski definition) is 6. The van der Waals surface area contributed by atoms with E-state index >= 15 is 0 Å². The van der Waals surface area contributed by atoms with Gasteiger partial charge in [-0.25, -0.2) is 0 Å². The lowest BCUT2D eigenvalue weighted by Gasteiger charge is -2.46. The summed E-state index contributed by atoms with van der Waals surface area (Å²) in [5.41, 5.74) is 9.08. The molecule has 9 nitrogen and oxygen atoms in total. The number of phenolic OH excluding ortho intramolecular Hbond substituents is 1. The lowest BCUT2D eigenvalue weighted by atomic mass is 9.59. The maximum Gasteiger partial charge on any atom is 0.255 e. The highest BCUT2D eigenvalue weighted by atomic mass is 16.3. The van der Waals surface area contributed by atoms with E-state index in [4.69, 9.17) is 11.5 Å². The van der Waals surface area contributed by atoms with Crippen molar-refractivity contribution in [3.05, 3.63) is 45.2 Å². The van der Waals surface area contributed by atoms with Crippen LogP contribution in [0.4, 0.5) is 0 Å². The van der Waals surface area contributed by atoms with Gasteiger partial charge in [0, 0.05) is 30.0 Å². The van der Waals surface area contributed by atoms with Gasteiger partial charge in [0.1, 0.15) is 22.8 Å². The molecular formula is C24H28N2O7. The molecule has 3 aliphatic rings. The quantitative estimate of drug-likeness (QED) is 0.358. The van der Waals surface area contributed by atoms with E-state index in [0.29, 0.717) is 16.7 Å². The summed E-state index contributed by atoms with van der Waals surface area (Å²) < 4.78 is 0. The van der Waals surface area contributed by atoms with Crippen LogP contribution in [0.15, 0.2) is 23.0 Å². The molecule has 1 aromatic rings. The second-order valence-corrected chi connectivity index (χ2v) is 10.1. The summed E-state index contributed by atoms with van der Waals surface area (Å²) in [5.74, 6) is -6.33. The third-order valence-corrected chi connectivity index (χ3v) is 7.18. The Bertz CT molecular complexity index is 1190. The zero-order chi connectivity index (χ0) is 24.6. The largest absolute Gasteiger partial charge is 0.508 e. The molecule has 0 aromatic heterocycles. The van der Waals surface area contributed by atoms with Crippen LogP contribution in [0.3, 0.4) is 0 Å². The molecule has 33 heavy (non-hydrogen) atoms. The van der Waals surface area contributed by atoms with Gasteiger partial charge in [0.25, 0.3) is 5.91 Å². The van der Waals surface area contributed by atoms with Gasteiger partial charge in [0.15, 0.2) is 11.4 Å². The molecule has 4 rings (SSSR count). The Morgan fingerprint density at radius 3 is 2.36 bits per heavy atom. The van der Waals surface area contributed by atoms with Crippen LogP contribution in [0.1, 0.15) is 55.9 Å². The fraction of sp³-hybridized carbons (Fsp3) is 0.458. The normalized spacial score (nSPS) is 27.3. The van der Waals surface area contributed by atoms with Crippen molar-refractivity contribution < 1.29 is 34.8 Å². The van der Waals surface area contributed by atoms with E-state index in [1.807, 2.05) is 20.8 Å². The maximum atomic E-state index is 13.5. The number of carbonyl (C=O) groups excluding carboxylic acids is 3. The highest BCUT2D eigenvalue weighted by Gasteiger charge is 2.60. The van der Waals surface area contributed by atoms with Gasteiger partial charge in [0.2, 0.25) is 5.78 Å². The van der Waals surface area contributed by atoms with E-state index in [-0.39, 0.29) is 42.7 Å². The standard InChI is InChI=1S/C24H28N2O7/c1-23(2,3)13-6-10(8-25)12-5-9-4-11-7-14(27)17(22(26)32)21(31)24(11,33)20(30)15(9)19(29)16(12)18(13)28/h6,9,11,28-29,31,33H,4-5,7-8,25H2,1-3H3,(H2,26,32). The Hall–Kier alpha value is -3.17. The minimum Gasteiger partial charge on any atom is -0.508 e. The number of phenols is 1. The Morgan fingerprint density at radius 1 is 1.18 bits per heavy atom. The molecule has 3 unspecified atom stereocenters. The van der Waals surface area contributed by atoms with Crippen LogP contribution in [0.25, 0.3) is 5.76 Å². The molecule has 0 spiro atoms. The highest BCUT2D eigenvalue weighted by Crippen LogP contribution is 2.53. The summed E-state index contributed by atoms with van der Waals surface area (Å²) in [6, 6.07) is 1.80. The minimum absolute atomic E-state index is 0.0787. The predicted molar refractivity (Wildman–Crippen MR) is 118 cm³/mol. The van der Waals surface area contributed by atoms with Crippen LogP contribution in [0.2, 0.25) is 0 Å². The molecule has 0 heterocycles. The molecule has 1 amide bonds. The number of nitrogens with two attached hydrogens (primary N) is 2. The summed E-state index contributed by atoms with van der Waals surface area (Å²) in [6.07, 6.45) is -0.00640. The molecule has 1 saturated carbocycles. The molecule has 1 aromatic carbocycles. The first kappa shape index (κ1) is 23.0. The van der Waals surface area contributed by atoms with E-state index in [9.17, 15) is 34.8 Å². The molecule has 176 valence electrons. The van der Waals surface area contributed by atoms with E-state index in [1.54, 1.807) is 6.07 Å². The van der Waals surface area contributed by atoms with Crippen molar-refractivity contribution in [3.63, 3.8) is 0 Å². The van der Waals surface area contributed by atoms with Gasteiger partial charge in [0.05, 0.1) is 5.56 Å². The summed E-state index contributed by atoms with van der Waals surface area (Å²) in [7, 11) is 0. The summed E-state index contributed by atoms with van der Waals surface area (Å²) in [6.45, 7) is 5.80. The SMILES string of the molecule is CC(C)(C)c1cc(CN)c2c(c1O)C(O)=C1C(=O)C3(O)C(O)=C(C(N)=O)C(=O)CC3CC1C2. The number of hydrogen-bond acceptors (Lipinski definition) is 8. The van der Waals surface area contributed by atoms with Gasteiger partial charge in [-0.3, -0.25) is 14.4 Å². The van der Waals surface area contributed by atoms with E-state index < -0.39 is 57.4 Å². The predicted octanol–water partition coefficient (Wildman–Crippen LogP) is 1.18. The number of ketones is 2. The van der Waals surface area contributed by atoms with Gasteiger partial charge in [-0.2, -0.15) is 0 Å². The Labute approximate surface area is 190 Å². The number of carbonyl (C=O) groups is 3. The minimum atomic E-state index is -2.57. The van der Waals surface area contributed by atoms with Crippen molar-refractivity contribution in [2.45, 2.75) is 57.6 Å². The number of aliphatic hydroxyl groups excluding tert-OH is 2. The average Bonchev–Trinajstić information content (AvgIpc) is 2.69. The van der Waals surface area contributed by atoms with Crippen LogP contribution in [-0.2, 0) is 32.8 Å². The van der Waals surface area contributed by atoms with Crippen molar-refractivity contribution in [2.75, 3.05) is 0 Å². The fourth-order valence-electron chi connectivity index (χ4n) is 5.52. The first-order valence-electron chi connectivity index (χ1n) is 10.8. The third kappa shape index (κ3) is 3.02. The van der Waals surface area contributed by atoms with Crippen LogP contribution in [-0.4, -0.2) is 43.5 Å². The van der Waals surface area contributed by atoms with Crippen molar-refractivity contribution >= 4 is 23.2 Å². The average molecular weight is 456 g/mol. The molecule has 3 atom stereocenters. The van der Waals surface area contributed by atoms with Crippen molar-refractivity contribution in [3.8, 4) is 5.75 Å². The summed E-state index contributed by atoms with van der Waals surface area (Å²) >= 11 is 0. The second-order valence-electron chi connectivity index (χ2n) is 10.1. The van der Waals surface area contributed by atoms with Gasteiger partial charge in [-0.1, -0.05) is 20.8 Å². The molecule has 9 heteroatoms. The van der Waals surface area contributed by atoms with Gasteiger partial charge in [-0.15, -0.1) is 0 Å². The van der Waals surface area contributed by atoms with Crippen molar-refractivity contribution in [1.29, 1.82) is 0 Å². The number of primary amides is 1. The number of rotatable bonds is 2. The number of fused-ring (bicyclic) bond motifs is 3. The molecule has 0 bridgehead atoms. The van der Waals surface area contributed by atoms with Crippen molar-refractivity contribution in [1.82, 2.24) is 0 Å². The van der Waals surface area contributed by atoms with E-state index in [1.165, 1.54) is 0 Å². The van der Waals surface area contributed by atoms with Crippen LogP contribution in [0.5, 0.6) is 5.75 Å². The summed E-state index contributed by atoms with van der Waals surface area (Å²) in [5, 5.41) is 44.2. The van der Waals surface area contributed by atoms with E-state index in [0.717, 1.165) is 0 Å². The van der Waals surface area contributed by atoms with Gasteiger partial charge < -0.3 is 31.9 Å². The van der Waals surface area contributed by atoms with E-state index in [2.05, 4.69) is 0 Å². The van der Waals surface area contributed by atoms with Crippen molar-refractivity contribution in [2.24, 2.45) is 23.3 Å². The Morgan fingerprint density at radius 2 is 1.82 bits per heavy atom. The maximum absolute atomic E-state index is 13.5. The lowest BCUT2D eigenvalue weighted by Crippen LogP contribution is -2.58. The Balaban J connectivity index is 1.98. The van der Waals surface area contributed by atoms with Gasteiger partial charge in [-0.05, 0) is 41.4 Å². The molecule has 0 aliphatic heterocycles. The monoisotopic (exact) mass is 456 g/mol. The number of Topliss-reactive ketones (excluding diaryl/α,β-unsaturated/α-hetero) is 2. The zero-order valence-corrected chi connectivity index (χ0v) is 18.7. The molecular weight excluding hydrogens is 428 g/mol. The number of amides is 1. The van der Waals surface area contributed by atoms with Crippen LogP contribution >= 0.6 is 0 Å². The van der Waals surface area contributed by atoms with Gasteiger partial charge >= 0.3 is 0 Å². The Kier molecular flexibility index (Phi) is 4.99. The van der Waals surface area contributed by atoms with Crippen LogP contribution < -0.4 is 11.5 Å². The first-order valence-corrected chi connectivity index (χ1v) is 10.8. The highest BCUT2D eigenvalue weighted by molar-refractivity contribution is 6.22. The second kappa shape index (κ2) is 7.16. The fourth-order valence-corrected chi connectivity index (χ4v) is 5.52. The molecule has 0 radical (unpaired) electrons. The van der Waals surface area contributed by atoms with Crippen LogP contribution in [0, 0.1) is 11.8 Å².